The summed E-state index contributed by atoms with van der Waals surface area (Å²) in [4.78, 5) is 0. The van der Waals surface area contributed by atoms with Gasteiger partial charge in [-0.3, -0.25) is 0 Å². The van der Waals surface area contributed by atoms with Crippen LogP contribution in [-0.4, -0.2) is 19.3 Å². The quantitative estimate of drug-likeness (QED) is 0.718. The largest absolute Gasteiger partial charge is 0.484 e. The Labute approximate surface area is 95.3 Å². The van der Waals surface area contributed by atoms with Crippen LogP contribution in [0.2, 0.25) is 0 Å². The summed E-state index contributed by atoms with van der Waals surface area (Å²) in [5.41, 5.74) is 1.99. The van der Waals surface area contributed by atoms with Crippen LogP contribution >= 0.6 is 0 Å². The monoisotopic (exact) mass is 220 g/mol. The van der Waals surface area contributed by atoms with Crippen molar-refractivity contribution in [2.45, 2.75) is 31.7 Å². The van der Waals surface area contributed by atoms with Crippen LogP contribution in [0.4, 0.5) is 0 Å². The number of hydrogen-bond donors (Lipinski definition) is 0. The Morgan fingerprint density at radius 2 is 2.00 bits per heavy atom. The third kappa shape index (κ3) is 1.35. The molecule has 3 rings (SSSR count). The molecule has 16 heavy (non-hydrogen) atoms. The highest BCUT2D eigenvalue weighted by Crippen LogP contribution is 2.50. The Morgan fingerprint density at radius 1 is 1.31 bits per heavy atom. The topological polar surface area (TPSA) is 31.0 Å². The van der Waals surface area contributed by atoms with E-state index in [0.29, 0.717) is 0 Å². The van der Waals surface area contributed by atoms with Gasteiger partial charge in [-0.05, 0) is 13.8 Å². The van der Waals surface area contributed by atoms with Gasteiger partial charge in [0.2, 0.25) is 0 Å². The highest BCUT2D eigenvalue weighted by Gasteiger charge is 2.44. The van der Waals surface area contributed by atoms with E-state index in [1.807, 2.05) is 6.07 Å². The lowest BCUT2D eigenvalue weighted by Crippen LogP contribution is -2.31. The lowest BCUT2D eigenvalue weighted by molar-refractivity contribution is -0.0281. The number of rotatable bonds is 2. The van der Waals surface area contributed by atoms with Crippen molar-refractivity contribution < 1.29 is 14.2 Å². The van der Waals surface area contributed by atoms with Crippen LogP contribution in [-0.2, 0) is 9.47 Å². The second-order valence-electron chi connectivity index (χ2n) is 4.91. The van der Waals surface area contributed by atoms with Crippen LogP contribution < -0.4 is 4.74 Å². The van der Waals surface area contributed by atoms with Crippen molar-refractivity contribution in [1.82, 2.24) is 0 Å². The number of fused-ring (bicyclic) bond motifs is 1. The van der Waals surface area contributed by atoms with E-state index < -0.39 is 0 Å². The van der Waals surface area contributed by atoms with Crippen LogP contribution in [0, 0.1) is 0 Å². The molecule has 2 aliphatic heterocycles. The van der Waals surface area contributed by atoms with E-state index in [1.54, 1.807) is 7.11 Å². The van der Waals surface area contributed by atoms with Gasteiger partial charge in [0.1, 0.15) is 23.6 Å². The van der Waals surface area contributed by atoms with Crippen LogP contribution in [0.15, 0.2) is 18.2 Å². The fourth-order valence-electron chi connectivity index (χ4n) is 2.48. The minimum Gasteiger partial charge on any atom is -0.484 e. The summed E-state index contributed by atoms with van der Waals surface area (Å²) in [5, 5.41) is 0. The van der Waals surface area contributed by atoms with Crippen LogP contribution in [0.5, 0.6) is 5.75 Å². The molecule has 3 nitrogen and oxygen atoms in total. The maximum absolute atomic E-state index is 6.03. The predicted octanol–water partition coefficient (Wildman–Crippen LogP) is 2.62. The van der Waals surface area contributed by atoms with E-state index in [4.69, 9.17) is 14.2 Å². The second-order valence-corrected chi connectivity index (χ2v) is 4.91. The Hall–Kier alpha value is -1.06. The van der Waals surface area contributed by atoms with Gasteiger partial charge in [0.05, 0.1) is 6.61 Å². The molecule has 1 saturated heterocycles. The zero-order valence-corrected chi connectivity index (χ0v) is 9.82. The average Bonchev–Trinajstić information content (AvgIpc) is 3.00. The van der Waals surface area contributed by atoms with Gasteiger partial charge in [0.25, 0.3) is 0 Å². The molecule has 0 radical (unpaired) electrons. The zero-order chi connectivity index (χ0) is 11.3. The van der Waals surface area contributed by atoms with Gasteiger partial charge in [-0.15, -0.1) is 0 Å². The highest BCUT2D eigenvalue weighted by atomic mass is 16.6. The Bertz CT molecular complexity index is 421. The minimum absolute atomic E-state index is 0.00111. The number of hydrogen-bond acceptors (Lipinski definition) is 3. The number of para-hydroxylation sites is 1. The normalized spacial score (nSPS) is 29.7. The molecule has 0 spiro atoms. The molecule has 0 saturated carbocycles. The molecule has 2 heterocycles. The first-order valence-corrected chi connectivity index (χ1v) is 5.59. The van der Waals surface area contributed by atoms with Gasteiger partial charge >= 0.3 is 0 Å². The number of benzene rings is 1. The third-order valence-electron chi connectivity index (χ3n) is 3.27. The summed E-state index contributed by atoms with van der Waals surface area (Å²) in [6.45, 7) is 4.91. The maximum Gasteiger partial charge on any atom is 0.134 e. The van der Waals surface area contributed by atoms with Gasteiger partial charge in [-0.25, -0.2) is 0 Å². The van der Waals surface area contributed by atoms with Crippen LogP contribution in [0.25, 0.3) is 0 Å². The van der Waals surface area contributed by atoms with Crippen molar-refractivity contribution in [2.24, 2.45) is 0 Å². The van der Waals surface area contributed by atoms with Gasteiger partial charge in [-0.1, -0.05) is 18.2 Å². The van der Waals surface area contributed by atoms with Gasteiger partial charge < -0.3 is 14.2 Å². The number of epoxide rings is 1. The molecule has 2 atom stereocenters. The molecule has 0 N–H and O–H groups in total. The molecule has 3 heteroatoms. The van der Waals surface area contributed by atoms with E-state index >= 15 is 0 Å². The van der Waals surface area contributed by atoms with Crippen molar-refractivity contribution in [3.8, 4) is 5.75 Å². The van der Waals surface area contributed by atoms with Crippen molar-refractivity contribution in [3.63, 3.8) is 0 Å². The first kappa shape index (κ1) is 10.1. The minimum atomic E-state index is -0.303. The Kier molecular flexibility index (Phi) is 2.03. The van der Waals surface area contributed by atoms with Gasteiger partial charge in [-0.2, -0.15) is 0 Å². The van der Waals surface area contributed by atoms with E-state index in [-0.39, 0.29) is 17.8 Å². The molecule has 1 fully saturated rings. The van der Waals surface area contributed by atoms with Crippen molar-refractivity contribution in [1.29, 1.82) is 0 Å². The average molecular weight is 220 g/mol. The van der Waals surface area contributed by atoms with E-state index in [2.05, 4.69) is 26.0 Å². The number of methoxy groups -OCH3 is 1. The van der Waals surface area contributed by atoms with Crippen LogP contribution in [0.1, 0.15) is 37.2 Å². The molecule has 2 unspecified atom stereocenters. The van der Waals surface area contributed by atoms with E-state index in [1.165, 1.54) is 0 Å². The lowest BCUT2D eigenvalue weighted by atomic mass is 9.96. The van der Waals surface area contributed by atoms with Crippen molar-refractivity contribution in [2.75, 3.05) is 13.7 Å². The molecule has 1 aromatic rings. The molecule has 86 valence electrons. The fraction of sp³-hybridized carbons (Fsp3) is 0.538. The molecule has 2 aliphatic rings. The summed E-state index contributed by atoms with van der Waals surface area (Å²) < 4.78 is 16.9. The Morgan fingerprint density at radius 3 is 2.62 bits per heavy atom. The molecule has 1 aromatic carbocycles. The maximum atomic E-state index is 6.03. The van der Waals surface area contributed by atoms with E-state index in [0.717, 1.165) is 23.5 Å². The lowest BCUT2D eigenvalue weighted by Gasteiger charge is -2.24. The smallest absolute Gasteiger partial charge is 0.134 e. The highest BCUT2D eigenvalue weighted by molar-refractivity contribution is 5.49. The zero-order valence-electron chi connectivity index (χ0n) is 9.82. The molecular weight excluding hydrogens is 204 g/mol. The first-order chi connectivity index (χ1) is 7.63. The fourth-order valence-corrected chi connectivity index (χ4v) is 2.48. The molecule has 0 bridgehead atoms. The third-order valence-corrected chi connectivity index (χ3v) is 3.27. The second kappa shape index (κ2) is 3.22. The summed E-state index contributed by atoms with van der Waals surface area (Å²) in [7, 11) is 1.73. The van der Waals surface area contributed by atoms with Gasteiger partial charge in [0, 0.05) is 18.2 Å². The predicted molar refractivity (Wildman–Crippen MR) is 59.6 cm³/mol. The summed E-state index contributed by atoms with van der Waals surface area (Å²) >= 11 is 0. The van der Waals surface area contributed by atoms with Crippen molar-refractivity contribution in [3.05, 3.63) is 29.3 Å². The molecule has 0 amide bonds. The molecule has 0 aliphatic carbocycles. The summed E-state index contributed by atoms with van der Waals surface area (Å²) in [6.07, 6.45) is 0.225. The Balaban J connectivity index is 2.09. The molecule has 0 aromatic heterocycles. The SMILES string of the molecule is COC1c2cccc(C3CO3)c2OC1(C)C. The van der Waals surface area contributed by atoms with Gasteiger partial charge in [0.15, 0.2) is 0 Å². The summed E-state index contributed by atoms with van der Waals surface area (Å²) in [6, 6.07) is 6.20. The number of ether oxygens (including phenoxy) is 3. The summed E-state index contributed by atoms with van der Waals surface area (Å²) in [5.74, 6) is 0.960. The molecular formula is C13H16O3. The van der Waals surface area contributed by atoms with Crippen LogP contribution in [0.3, 0.4) is 0 Å². The van der Waals surface area contributed by atoms with Crippen molar-refractivity contribution >= 4 is 0 Å². The standard InChI is InChI=1S/C13H16O3/c1-13(2)12(14-3)9-6-4-5-8(10-7-15-10)11(9)16-13/h4-6,10,12H,7H2,1-3H3. The van der Waals surface area contributed by atoms with E-state index in [9.17, 15) is 0 Å². The first-order valence-electron chi connectivity index (χ1n) is 5.59.